The van der Waals surface area contributed by atoms with E-state index in [1.54, 1.807) is 0 Å². The summed E-state index contributed by atoms with van der Waals surface area (Å²) in [5.74, 6) is 1.02. The first-order valence-electron chi connectivity index (χ1n) is 10.9. The zero-order chi connectivity index (χ0) is 20.1. The molecule has 2 unspecified atom stereocenters. The van der Waals surface area contributed by atoms with Crippen molar-refractivity contribution < 1.29 is 9.47 Å². The summed E-state index contributed by atoms with van der Waals surface area (Å²) < 4.78 is 11.3. The largest absolute Gasteiger partial charge is 0.381 e. The molecule has 1 N–H and O–H groups in total. The van der Waals surface area contributed by atoms with Crippen LogP contribution in [0, 0.1) is 5.41 Å². The molecule has 3 fully saturated rings. The fourth-order valence-electron chi connectivity index (χ4n) is 4.72. The monoisotopic (exact) mass is 420 g/mol. The Labute approximate surface area is 179 Å². The van der Waals surface area contributed by atoms with E-state index in [0.29, 0.717) is 12.0 Å². The molecule has 0 aromatic heterocycles. The van der Waals surface area contributed by atoms with E-state index in [1.807, 2.05) is 12.1 Å². The summed E-state index contributed by atoms with van der Waals surface area (Å²) in [5.41, 5.74) is 1.55. The van der Waals surface area contributed by atoms with Crippen LogP contribution in [0.25, 0.3) is 0 Å². The van der Waals surface area contributed by atoms with E-state index < -0.39 is 0 Å². The van der Waals surface area contributed by atoms with Crippen molar-refractivity contribution >= 4 is 17.6 Å². The molecule has 0 amide bonds. The maximum atomic E-state index is 6.30. The number of morpholine rings is 1. The van der Waals surface area contributed by atoms with Crippen molar-refractivity contribution in [1.82, 2.24) is 15.1 Å². The first kappa shape index (κ1) is 20.9. The molecule has 3 saturated heterocycles. The van der Waals surface area contributed by atoms with E-state index in [0.717, 1.165) is 70.1 Å². The standard InChI is InChI=1S/C22H33ClN4O2/c1-2-24-21(27-8-6-22(16-27)7-11-29-17-22)25-15-20(26-9-12-28-13-10-26)18-4-3-5-19(23)14-18/h3-5,14,20H,2,6-13,15-17H2,1H3,(H,24,25). The lowest BCUT2D eigenvalue weighted by atomic mass is 9.87. The Morgan fingerprint density at radius 1 is 1.21 bits per heavy atom. The molecule has 29 heavy (non-hydrogen) atoms. The molecule has 160 valence electrons. The molecule has 1 aromatic carbocycles. The smallest absolute Gasteiger partial charge is 0.194 e. The van der Waals surface area contributed by atoms with Crippen LogP contribution in [-0.4, -0.2) is 81.5 Å². The second kappa shape index (κ2) is 9.65. The predicted octanol–water partition coefficient (Wildman–Crippen LogP) is 2.79. The molecule has 3 aliphatic rings. The van der Waals surface area contributed by atoms with Gasteiger partial charge in [0.15, 0.2) is 5.96 Å². The Kier molecular flexibility index (Phi) is 6.96. The van der Waals surface area contributed by atoms with E-state index in [2.05, 4.69) is 34.2 Å². The Morgan fingerprint density at radius 2 is 2.07 bits per heavy atom. The molecule has 0 aliphatic carbocycles. The highest BCUT2D eigenvalue weighted by atomic mass is 35.5. The minimum absolute atomic E-state index is 0.206. The Hall–Kier alpha value is -1.34. The molecule has 0 radical (unpaired) electrons. The molecule has 4 rings (SSSR count). The molecule has 0 saturated carbocycles. The van der Waals surface area contributed by atoms with Gasteiger partial charge in [-0.1, -0.05) is 23.7 Å². The normalized spacial score (nSPS) is 27.0. The van der Waals surface area contributed by atoms with Crippen molar-refractivity contribution in [2.75, 3.05) is 65.7 Å². The third-order valence-corrected chi connectivity index (χ3v) is 6.63. The number of nitrogens with zero attached hydrogens (tertiary/aromatic N) is 3. The van der Waals surface area contributed by atoms with Crippen LogP contribution < -0.4 is 5.32 Å². The van der Waals surface area contributed by atoms with Crippen LogP contribution in [0.1, 0.15) is 31.4 Å². The van der Waals surface area contributed by atoms with Gasteiger partial charge in [0.25, 0.3) is 0 Å². The first-order chi connectivity index (χ1) is 14.2. The van der Waals surface area contributed by atoms with Gasteiger partial charge in [0.1, 0.15) is 0 Å². The van der Waals surface area contributed by atoms with E-state index in [4.69, 9.17) is 26.1 Å². The van der Waals surface area contributed by atoms with Gasteiger partial charge >= 0.3 is 0 Å². The van der Waals surface area contributed by atoms with Crippen LogP contribution in [0.4, 0.5) is 0 Å². The van der Waals surface area contributed by atoms with Gasteiger partial charge in [-0.15, -0.1) is 0 Å². The van der Waals surface area contributed by atoms with Crippen LogP contribution in [0.2, 0.25) is 5.02 Å². The minimum Gasteiger partial charge on any atom is -0.381 e. The highest BCUT2D eigenvalue weighted by molar-refractivity contribution is 6.30. The third kappa shape index (κ3) is 5.05. The zero-order valence-electron chi connectivity index (χ0n) is 17.4. The topological polar surface area (TPSA) is 49.3 Å². The number of nitrogens with one attached hydrogen (secondary N) is 1. The van der Waals surface area contributed by atoms with Gasteiger partial charge in [0, 0.05) is 49.8 Å². The lowest BCUT2D eigenvalue weighted by molar-refractivity contribution is 0.0179. The number of rotatable bonds is 5. The van der Waals surface area contributed by atoms with Crippen molar-refractivity contribution in [3.8, 4) is 0 Å². The highest BCUT2D eigenvalue weighted by Gasteiger charge is 2.42. The lowest BCUT2D eigenvalue weighted by Gasteiger charge is -2.34. The Morgan fingerprint density at radius 3 is 2.79 bits per heavy atom. The van der Waals surface area contributed by atoms with Gasteiger partial charge in [0.05, 0.1) is 32.4 Å². The van der Waals surface area contributed by atoms with Crippen molar-refractivity contribution in [2.45, 2.75) is 25.8 Å². The summed E-state index contributed by atoms with van der Waals surface area (Å²) in [7, 11) is 0. The number of aliphatic imine (C=N–C) groups is 1. The first-order valence-corrected chi connectivity index (χ1v) is 11.3. The second-order valence-electron chi connectivity index (χ2n) is 8.39. The summed E-state index contributed by atoms with van der Waals surface area (Å²) in [4.78, 5) is 9.99. The summed E-state index contributed by atoms with van der Waals surface area (Å²) >= 11 is 6.30. The molecule has 0 bridgehead atoms. The number of likely N-dealkylation sites (tertiary alicyclic amines) is 1. The number of halogens is 1. The molecular formula is C22H33ClN4O2. The predicted molar refractivity (Wildman–Crippen MR) is 117 cm³/mol. The molecule has 6 nitrogen and oxygen atoms in total. The van der Waals surface area contributed by atoms with Crippen LogP contribution >= 0.6 is 11.6 Å². The van der Waals surface area contributed by atoms with Crippen molar-refractivity contribution in [1.29, 1.82) is 0 Å². The lowest BCUT2D eigenvalue weighted by Crippen LogP contribution is -2.43. The zero-order valence-corrected chi connectivity index (χ0v) is 18.2. The number of ether oxygens (including phenoxy) is 2. The third-order valence-electron chi connectivity index (χ3n) is 6.39. The Bertz CT molecular complexity index is 702. The summed E-state index contributed by atoms with van der Waals surface area (Å²) in [6, 6.07) is 8.41. The average molecular weight is 421 g/mol. The SMILES string of the molecule is CCNC(=NCC(c1cccc(Cl)c1)N1CCOCC1)N1CCC2(CCOC2)C1. The molecular weight excluding hydrogens is 388 g/mol. The fraction of sp³-hybridized carbons (Fsp3) is 0.682. The summed E-state index contributed by atoms with van der Waals surface area (Å²) in [6.07, 6.45) is 2.36. The van der Waals surface area contributed by atoms with Crippen LogP contribution in [-0.2, 0) is 9.47 Å². The van der Waals surface area contributed by atoms with Gasteiger partial charge < -0.3 is 19.7 Å². The number of hydrogen-bond donors (Lipinski definition) is 1. The number of guanidine groups is 1. The molecule has 3 aliphatic heterocycles. The molecule has 3 heterocycles. The molecule has 1 spiro atoms. The summed E-state index contributed by atoms with van der Waals surface area (Å²) in [6.45, 7) is 11.0. The van der Waals surface area contributed by atoms with E-state index in [-0.39, 0.29) is 6.04 Å². The molecule has 1 aromatic rings. The van der Waals surface area contributed by atoms with Gasteiger partial charge in [-0.25, -0.2) is 0 Å². The number of hydrogen-bond acceptors (Lipinski definition) is 4. The van der Waals surface area contributed by atoms with Crippen LogP contribution in [0.3, 0.4) is 0 Å². The van der Waals surface area contributed by atoms with Gasteiger partial charge in [-0.3, -0.25) is 9.89 Å². The average Bonchev–Trinajstić information content (AvgIpc) is 3.38. The highest BCUT2D eigenvalue weighted by Crippen LogP contribution is 2.38. The molecule has 7 heteroatoms. The minimum atomic E-state index is 0.206. The van der Waals surface area contributed by atoms with E-state index in [9.17, 15) is 0 Å². The van der Waals surface area contributed by atoms with Crippen molar-refractivity contribution in [2.24, 2.45) is 10.4 Å². The summed E-state index contributed by atoms with van der Waals surface area (Å²) in [5, 5.41) is 4.30. The van der Waals surface area contributed by atoms with Gasteiger partial charge in [0.2, 0.25) is 0 Å². The van der Waals surface area contributed by atoms with Gasteiger partial charge in [-0.05, 0) is 37.5 Å². The van der Waals surface area contributed by atoms with Gasteiger partial charge in [-0.2, -0.15) is 0 Å². The maximum Gasteiger partial charge on any atom is 0.194 e. The van der Waals surface area contributed by atoms with E-state index >= 15 is 0 Å². The van der Waals surface area contributed by atoms with Crippen molar-refractivity contribution in [3.63, 3.8) is 0 Å². The molecule has 2 atom stereocenters. The maximum absolute atomic E-state index is 6.30. The second-order valence-corrected chi connectivity index (χ2v) is 8.82. The van der Waals surface area contributed by atoms with Crippen LogP contribution in [0.5, 0.6) is 0 Å². The number of benzene rings is 1. The van der Waals surface area contributed by atoms with E-state index in [1.165, 1.54) is 18.4 Å². The fourth-order valence-corrected chi connectivity index (χ4v) is 4.92. The van der Waals surface area contributed by atoms with Crippen molar-refractivity contribution in [3.05, 3.63) is 34.9 Å². The quantitative estimate of drug-likeness (QED) is 0.586. The van der Waals surface area contributed by atoms with Crippen LogP contribution in [0.15, 0.2) is 29.3 Å². The Balaban J connectivity index is 1.52.